The summed E-state index contributed by atoms with van der Waals surface area (Å²) in [6.07, 6.45) is 3.98. The van der Waals surface area contributed by atoms with Crippen LogP contribution in [0.1, 0.15) is 25.7 Å². The molecule has 0 aromatic rings. The van der Waals surface area contributed by atoms with E-state index < -0.39 is 0 Å². The van der Waals surface area contributed by atoms with E-state index in [1.165, 1.54) is 5.57 Å². The van der Waals surface area contributed by atoms with E-state index in [0.717, 1.165) is 25.7 Å². The first-order chi connectivity index (χ1) is 5.24. The zero-order valence-electron chi connectivity index (χ0n) is 6.72. The third-order valence-corrected chi connectivity index (χ3v) is 2.74. The van der Waals surface area contributed by atoms with Crippen LogP contribution in [0.5, 0.6) is 0 Å². The van der Waals surface area contributed by atoms with E-state index >= 15 is 0 Å². The van der Waals surface area contributed by atoms with Gasteiger partial charge in [-0.1, -0.05) is 12.2 Å². The Hall–Kier alpha value is -0.0100. The van der Waals surface area contributed by atoms with E-state index in [0.29, 0.717) is 5.92 Å². The Kier molecular flexibility index (Phi) is 3.41. The lowest BCUT2D eigenvalue weighted by Crippen LogP contribution is -2.17. The highest BCUT2D eigenvalue weighted by atomic mass is 35.5. The van der Waals surface area contributed by atoms with Crippen molar-refractivity contribution >= 4 is 11.6 Å². The van der Waals surface area contributed by atoms with E-state index in [9.17, 15) is 0 Å². The van der Waals surface area contributed by atoms with Gasteiger partial charge in [0.2, 0.25) is 0 Å². The minimum absolute atomic E-state index is 0.274. The average molecular weight is 175 g/mol. The predicted octanol–water partition coefficient (Wildman–Crippen LogP) is 2.33. The smallest absolute Gasteiger partial charge is 0.0436 e. The lowest BCUT2D eigenvalue weighted by molar-refractivity contribution is 0.255. The van der Waals surface area contributed by atoms with E-state index in [-0.39, 0.29) is 12.0 Å². The number of aliphatic hydroxyl groups excluding tert-OH is 1. The second-order valence-corrected chi connectivity index (χ2v) is 3.86. The molecule has 0 aliphatic heterocycles. The predicted molar refractivity (Wildman–Crippen MR) is 47.8 cm³/mol. The average Bonchev–Trinajstić information content (AvgIpc) is 1.95. The summed E-state index contributed by atoms with van der Waals surface area (Å²) >= 11 is 5.95. The molecule has 0 aromatic carbocycles. The van der Waals surface area contributed by atoms with Gasteiger partial charge in [-0.05, 0) is 31.6 Å². The molecule has 0 amide bonds. The molecule has 0 bridgehead atoms. The third kappa shape index (κ3) is 2.49. The first-order valence-corrected chi connectivity index (χ1v) is 4.60. The van der Waals surface area contributed by atoms with Crippen molar-refractivity contribution in [3.63, 3.8) is 0 Å². The lowest BCUT2D eigenvalue weighted by Gasteiger charge is -2.26. The lowest BCUT2D eigenvalue weighted by atomic mass is 9.83. The normalized spacial score (nSPS) is 32.4. The van der Waals surface area contributed by atoms with Crippen LogP contribution in [-0.2, 0) is 0 Å². The first kappa shape index (κ1) is 9.08. The topological polar surface area (TPSA) is 20.2 Å². The summed E-state index contributed by atoms with van der Waals surface area (Å²) in [5.41, 5.74) is 1.23. The van der Waals surface area contributed by atoms with Gasteiger partial charge in [0.1, 0.15) is 0 Å². The quantitative estimate of drug-likeness (QED) is 0.503. The van der Waals surface area contributed by atoms with Crippen molar-refractivity contribution < 1.29 is 5.11 Å². The molecular weight excluding hydrogens is 160 g/mol. The summed E-state index contributed by atoms with van der Waals surface area (Å²) < 4.78 is 0. The zero-order chi connectivity index (χ0) is 8.27. The van der Waals surface area contributed by atoms with Gasteiger partial charge in [-0.25, -0.2) is 0 Å². The second-order valence-electron chi connectivity index (χ2n) is 3.25. The van der Waals surface area contributed by atoms with Crippen molar-refractivity contribution in [2.45, 2.75) is 31.1 Å². The van der Waals surface area contributed by atoms with Gasteiger partial charge >= 0.3 is 0 Å². The molecule has 0 aromatic heterocycles. The molecule has 0 radical (unpaired) electrons. The highest BCUT2D eigenvalue weighted by molar-refractivity contribution is 6.20. The number of hydrogen-bond donors (Lipinski definition) is 1. The van der Waals surface area contributed by atoms with Crippen LogP contribution in [0.25, 0.3) is 0 Å². The summed E-state index contributed by atoms with van der Waals surface area (Å²) in [4.78, 5) is 0. The molecule has 0 spiro atoms. The van der Waals surface area contributed by atoms with Gasteiger partial charge < -0.3 is 5.11 Å². The maximum atomic E-state index is 8.73. The monoisotopic (exact) mass is 174 g/mol. The molecule has 1 nitrogen and oxygen atoms in total. The van der Waals surface area contributed by atoms with Gasteiger partial charge in [-0.3, -0.25) is 0 Å². The van der Waals surface area contributed by atoms with E-state index in [2.05, 4.69) is 6.58 Å². The summed E-state index contributed by atoms with van der Waals surface area (Å²) in [6, 6.07) is 0. The number of rotatable bonds is 2. The van der Waals surface area contributed by atoms with Crippen LogP contribution >= 0.6 is 11.6 Å². The Balaban J connectivity index is 2.38. The molecule has 64 valence electrons. The number of allylic oxidation sites excluding steroid dienone is 1. The summed E-state index contributed by atoms with van der Waals surface area (Å²) in [7, 11) is 0. The molecule has 11 heavy (non-hydrogen) atoms. The van der Waals surface area contributed by atoms with Crippen LogP contribution in [0.2, 0.25) is 0 Å². The molecule has 1 aliphatic carbocycles. The zero-order valence-corrected chi connectivity index (χ0v) is 7.48. The Morgan fingerprint density at radius 1 is 1.55 bits per heavy atom. The number of alkyl halides is 1. The molecule has 1 rings (SSSR count). The van der Waals surface area contributed by atoms with Crippen LogP contribution in [0, 0.1) is 5.92 Å². The first-order valence-electron chi connectivity index (χ1n) is 4.16. The molecule has 0 heterocycles. The number of halogens is 1. The highest BCUT2D eigenvalue weighted by Gasteiger charge is 2.21. The molecule has 1 fully saturated rings. The molecule has 2 unspecified atom stereocenters. The SMILES string of the molecule is C=C1CC(Cl)CCC1CCO. The highest BCUT2D eigenvalue weighted by Crippen LogP contribution is 2.32. The van der Waals surface area contributed by atoms with Crippen molar-refractivity contribution in [2.75, 3.05) is 6.61 Å². The summed E-state index contributed by atoms with van der Waals surface area (Å²) in [5, 5.41) is 9.02. The van der Waals surface area contributed by atoms with Crippen molar-refractivity contribution in [1.29, 1.82) is 0 Å². The minimum atomic E-state index is 0.274. The third-order valence-electron chi connectivity index (χ3n) is 2.37. The largest absolute Gasteiger partial charge is 0.396 e. The maximum absolute atomic E-state index is 8.73. The van der Waals surface area contributed by atoms with Gasteiger partial charge in [0.05, 0.1) is 0 Å². The Morgan fingerprint density at radius 2 is 2.27 bits per heavy atom. The Morgan fingerprint density at radius 3 is 2.82 bits per heavy atom. The molecule has 1 aliphatic rings. The van der Waals surface area contributed by atoms with E-state index in [1.807, 2.05) is 0 Å². The van der Waals surface area contributed by atoms with E-state index in [1.54, 1.807) is 0 Å². The van der Waals surface area contributed by atoms with Gasteiger partial charge in [-0.2, -0.15) is 0 Å². The van der Waals surface area contributed by atoms with Crippen LogP contribution in [0.3, 0.4) is 0 Å². The number of hydrogen-bond acceptors (Lipinski definition) is 1. The summed E-state index contributed by atoms with van der Waals surface area (Å²) in [5.74, 6) is 0.523. The number of aliphatic hydroxyl groups is 1. The van der Waals surface area contributed by atoms with Crippen LogP contribution in [0.4, 0.5) is 0 Å². The van der Waals surface area contributed by atoms with Gasteiger partial charge in [-0.15, -0.1) is 11.6 Å². The molecule has 2 heteroatoms. The van der Waals surface area contributed by atoms with Gasteiger partial charge in [0.25, 0.3) is 0 Å². The van der Waals surface area contributed by atoms with Crippen LogP contribution in [-0.4, -0.2) is 17.1 Å². The van der Waals surface area contributed by atoms with Crippen molar-refractivity contribution in [3.05, 3.63) is 12.2 Å². The van der Waals surface area contributed by atoms with Crippen molar-refractivity contribution in [2.24, 2.45) is 5.92 Å². The van der Waals surface area contributed by atoms with Crippen molar-refractivity contribution in [1.82, 2.24) is 0 Å². The second kappa shape index (κ2) is 4.13. The molecule has 2 atom stereocenters. The van der Waals surface area contributed by atoms with Crippen molar-refractivity contribution in [3.8, 4) is 0 Å². The minimum Gasteiger partial charge on any atom is -0.396 e. The fourth-order valence-corrected chi connectivity index (χ4v) is 1.97. The van der Waals surface area contributed by atoms with E-state index in [4.69, 9.17) is 16.7 Å². The standard InChI is InChI=1S/C9H15ClO/c1-7-6-9(10)3-2-8(7)4-5-11/h8-9,11H,1-6H2. The fourth-order valence-electron chi connectivity index (χ4n) is 1.64. The van der Waals surface area contributed by atoms with Gasteiger partial charge in [0.15, 0.2) is 0 Å². The molecule has 0 saturated heterocycles. The van der Waals surface area contributed by atoms with Crippen LogP contribution < -0.4 is 0 Å². The molecular formula is C9H15ClO. The maximum Gasteiger partial charge on any atom is 0.0436 e. The fraction of sp³-hybridized carbons (Fsp3) is 0.778. The molecule has 1 N–H and O–H groups in total. The van der Waals surface area contributed by atoms with Gasteiger partial charge in [0, 0.05) is 12.0 Å². The Bertz CT molecular complexity index is 144. The molecule has 1 saturated carbocycles. The summed E-state index contributed by atoms with van der Waals surface area (Å²) in [6.45, 7) is 4.24. The van der Waals surface area contributed by atoms with Crippen LogP contribution in [0.15, 0.2) is 12.2 Å². The Labute approximate surface area is 73.1 Å².